The number of rotatable bonds is 5. The van der Waals surface area contributed by atoms with Crippen LogP contribution >= 0.6 is 0 Å². The number of amides is 1. The Labute approximate surface area is 154 Å². The van der Waals surface area contributed by atoms with Crippen molar-refractivity contribution < 1.29 is 22.7 Å². The van der Waals surface area contributed by atoms with Gasteiger partial charge in [0.25, 0.3) is 5.56 Å². The minimum atomic E-state index is -4.59. The molecule has 0 fully saturated rings. The van der Waals surface area contributed by atoms with Crippen LogP contribution in [0.25, 0.3) is 0 Å². The van der Waals surface area contributed by atoms with Crippen LogP contribution in [0, 0.1) is 13.8 Å². The number of nitrogens with zero attached hydrogens (tertiary/aromatic N) is 3. The lowest BCUT2D eigenvalue weighted by Crippen LogP contribution is -2.34. The third kappa shape index (κ3) is 4.66. The van der Waals surface area contributed by atoms with Crippen molar-refractivity contribution in [3.8, 4) is 5.75 Å². The van der Waals surface area contributed by atoms with Gasteiger partial charge < -0.3 is 14.2 Å². The number of ether oxygens (including phenoxy) is 1. The molecule has 0 aromatic carbocycles. The zero-order valence-corrected chi connectivity index (χ0v) is 15.4. The molecule has 0 aliphatic rings. The lowest BCUT2D eigenvalue weighted by molar-refractivity contribution is -0.138. The van der Waals surface area contributed by atoms with Gasteiger partial charge in [-0.3, -0.25) is 14.6 Å². The lowest BCUT2D eigenvalue weighted by Gasteiger charge is -2.20. The molecule has 27 heavy (non-hydrogen) atoms. The average molecular weight is 383 g/mol. The zero-order chi connectivity index (χ0) is 20.4. The van der Waals surface area contributed by atoms with Gasteiger partial charge in [-0.1, -0.05) is 0 Å². The lowest BCUT2D eigenvalue weighted by atomic mass is 10.1. The first-order valence-electron chi connectivity index (χ1n) is 8.05. The molecule has 2 heterocycles. The molecule has 0 saturated carbocycles. The fraction of sp³-hybridized carbons (Fsp3) is 0.389. The molecular weight excluding hydrogens is 363 g/mol. The first kappa shape index (κ1) is 20.5. The van der Waals surface area contributed by atoms with Crippen molar-refractivity contribution >= 4 is 5.91 Å². The van der Waals surface area contributed by atoms with E-state index in [0.717, 1.165) is 21.8 Å². The Hall–Kier alpha value is -2.84. The van der Waals surface area contributed by atoms with Gasteiger partial charge in [-0.15, -0.1) is 0 Å². The molecule has 0 bridgehead atoms. The monoisotopic (exact) mass is 383 g/mol. The third-order valence-corrected chi connectivity index (χ3v) is 4.18. The van der Waals surface area contributed by atoms with E-state index < -0.39 is 29.8 Å². The summed E-state index contributed by atoms with van der Waals surface area (Å²) in [5.74, 6) is 0.145. The van der Waals surface area contributed by atoms with Crippen LogP contribution in [0.1, 0.15) is 22.4 Å². The van der Waals surface area contributed by atoms with Crippen LogP contribution in [0.5, 0.6) is 5.75 Å². The molecule has 0 aliphatic carbocycles. The summed E-state index contributed by atoms with van der Waals surface area (Å²) in [5.41, 5.74) is 0.552. The van der Waals surface area contributed by atoms with Crippen LogP contribution in [0.15, 0.2) is 29.3 Å². The van der Waals surface area contributed by atoms with E-state index in [4.69, 9.17) is 4.74 Å². The summed E-state index contributed by atoms with van der Waals surface area (Å²) in [6.45, 7) is 3.29. The molecule has 2 aromatic heterocycles. The summed E-state index contributed by atoms with van der Waals surface area (Å²) in [5, 5.41) is 0. The molecule has 0 unspecified atom stereocenters. The maximum absolute atomic E-state index is 12.8. The molecule has 1 amide bonds. The van der Waals surface area contributed by atoms with Gasteiger partial charge in [0.2, 0.25) is 5.91 Å². The zero-order valence-electron chi connectivity index (χ0n) is 15.4. The summed E-state index contributed by atoms with van der Waals surface area (Å²) in [4.78, 5) is 29.8. The molecule has 0 radical (unpaired) electrons. The van der Waals surface area contributed by atoms with Gasteiger partial charge in [0.05, 0.1) is 24.9 Å². The predicted molar refractivity (Wildman–Crippen MR) is 92.4 cm³/mol. The molecule has 0 atom stereocenters. The number of aromatic nitrogens is 2. The molecule has 0 spiro atoms. The third-order valence-electron chi connectivity index (χ3n) is 4.18. The quantitative estimate of drug-likeness (QED) is 0.796. The molecule has 0 saturated heterocycles. The summed E-state index contributed by atoms with van der Waals surface area (Å²) in [7, 11) is 3.03. The summed E-state index contributed by atoms with van der Waals surface area (Å²) >= 11 is 0. The second kappa shape index (κ2) is 7.81. The molecular formula is C18H20F3N3O3. The first-order chi connectivity index (χ1) is 12.5. The van der Waals surface area contributed by atoms with Gasteiger partial charge in [-0.25, -0.2) is 0 Å². The molecule has 9 heteroatoms. The van der Waals surface area contributed by atoms with Crippen molar-refractivity contribution in [1.82, 2.24) is 14.5 Å². The highest BCUT2D eigenvalue weighted by atomic mass is 19.4. The standard InChI is InChI=1S/C18H20F3N3O3/c1-11-7-22-14(12(2)17(11)27-4)9-23(3)16(26)10-24-8-13(18(19,20)21)5-6-15(24)25/h5-8H,9-10H2,1-4H3. The highest BCUT2D eigenvalue weighted by Gasteiger charge is 2.31. The number of alkyl halides is 3. The van der Waals surface area contributed by atoms with Crippen molar-refractivity contribution in [3.63, 3.8) is 0 Å². The van der Waals surface area contributed by atoms with Gasteiger partial charge in [-0.2, -0.15) is 13.2 Å². The predicted octanol–water partition coefficient (Wildman–Crippen LogP) is 2.55. The number of carbonyl (C=O) groups is 1. The fourth-order valence-electron chi connectivity index (χ4n) is 2.63. The Morgan fingerprint density at radius 1 is 1.30 bits per heavy atom. The van der Waals surface area contributed by atoms with E-state index in [9.17, 15) is 22.8 Å². The summed E-state index contributed by atoms with van der Waals surface area (Å²) < 4.78 is 44.5. The molecule has 0 aliphatic heterocycles. The van der Waals surface area contributed by atoms with Crippen molar-refractivity contribution in [2.75, 3.05) is 14.2 Å². The SMILES string of the molecule is COc1c(C)cnc(CN(C)C(=O)Cn2cc(C(F)(F)F)ccc2=O)c1C. The molecule has 2 aromatic rings. The Morgan fingerprint density at radius 3 is 2.56 bits per heavy atom. The van der Waals surface area contributed by atoms with Crippen LogP contribution in [0.3, 0.4) is 0 Å². The smallest absolute Gasteiger partial charge is 0.417 e. The number of halogens is 3. The largest absolute Gasteiger partial charge is 0.496 e. The van der Waals surface area contributed by atoms with Crippen LogP contribution in [-0.4, -0.2) is 34.5 Å². The maximum Gasteiger partial charge on any atom is 0.417 e. The Balaban J connectivity index is 2.19. The van der Waals surface area contributed by atoms with Crippen LogP contribution in [0.4, 0.5) is 13.2 Å². The number of likely N-dealkylation sites (N-methyl/N-ethyl adjacent to an activating group) is 1. The second-order valence-corrected chi connectivity index (χ2v) is 6.18. The van der Waals surface area contributed by atoms with Crippen LogP contribution in [0.2, 0.25) is 0 Å². The summed E-state index contributed by atoms with van der Waals surface area (Å²) in [6.07, 6.45) is -2.33. The minimum Gasteiger partial charge on any atom is -0.496 e. The van der Waals surface area contributed by atoms with E-state index in [0.29, 0.717) is 23.7 Å². The van der Waals surface area contributed by atoms with E-state index >= 15 is 0 Å². The molecule has 2 rings (SSSR count). The van der Waals surface area contributed by atoms with Crippen molar-refractivity contribution in [2.45, 2.75) is 33.1 Å². The average Bonchev–Trinajstić information content (AvgIpc) is 2.58. The van der Waals surface area contributed by atoms with Gasteiger partial charge in [-0.05, 0) is 19.9 Å². The normalized spacial score (nSPS) is 11.4. The molecule has 146 valence electrons. The number of pyridine rings is 2. The number of methoxy groups -OCH3 is 1. The number of hydrogen-bond donors (Lipinski definition) is 0. The van der Waals surface area contributed by atoms with Crippen LogP contribution in [-0.2, 0) is 24.1 Å². The first-order valence-corrected chi connectivity index (χ1v) is 8.05. The number of carbonyl (C=O) groups excluding carboxylic acids is 1. The Morgan fingerprint density at radius 2 is 1.96 bits per heavy atom. The Kier molecular flexibility index (Phi) is 5.92. The molecule has 0 N–H and O–H groups in total. The fourth-order valence-corrected chi connectivity index (χ4v) is 2.63. The number of aryl methyl sites for hydroxylation is 1. The van der Waals surface area contributed by atoms with E-state index in [2.05, 4.69) is 4.98 Å². The topological polar surface area (TPSA) is 64.4 Å². The van der Waals surface area contributed by atoms with E-state index in [1.54, 1.807) is 6.20 Å². The molecule has 6 nitrogen and oxygen atoms in total. The van der Waals surface area contributed by atoms with Gasteiger partial charge in [0.15, 0.2) is 0 Å². The number of hydrogen-bond acceptors (Lipinski definition) is 4. The van der Waals surface area contributed by atoms with E-state index in [1.165, 1.54) is 19.1 Å². The van der Waals surface area contributed by atoms with Crippen molar-refractivity contribution in [2.24, 2.45) is 0 Å². The van der Waals surface area contributed by atoms with E-state index in [-0.39, 0.29) is 6.54 Å². The Bertz CT molecular complexity index is 907. The van der Waals surface area contributed by atoms with Crippen molar-refractivity contribution in [3.05, 3.63) is 57.3 Å². The minimum absolute atomic E-state index is 0.134. The maximum atomic E-state index is 12.8. The van der Waals surface area contributed by atoms with Gasteiger partial charge in [0.1, 0.15) is 12.3 Å². The van der Waals surface area contributed by atoms with Crippen LogP contribution < -0.4 is 10.3 Å². The van der Waals surface area contributed by atoms with Gasteiger partial charge >= 0.3 is 6.18 Å². The van der Waals surface area contributed by atoms with Gasteiger partial charge in [0, 0.05) is 36.6 Å². The second-order valence-electron chi connectivity index (χ2n) is 6.18. The van der Waals surface area contributed by atoms with Crippen molar-refractivity contribution in [1.29, 1.82) is 0 Å². The summed E-state index contributed by atoms with van der Waals surface area (Å²) in [6, 6.07) is 1.49. The highest BCUT2D eigenvalue weighted by Crippen LogP contribution is 2.28. The van der Waals surface area contributed by atoms with E-state index in [1.807, 2.05) is 13.8 Å². The highest BCUT2D eigenvalue weighted by molar-refractivity contribution is 5.75.